The molecule has 0 saturated carbocycles. The zero-order valence-electron chi connectivity index (χ0n) is 15.8. The van der Waals surface area contributed by atoms with Gasteiger partial charge in [0.2, 0.25) is 11.2 Å². The van der Waals surface area contributed by atoms with Crippen LogP contribution in [0.15, 0.2) is 15.3 Å². The van der Waals surface area contributed by atoms with Crippen LogP contribution in [0.25, 0.3) is 0 Å². The predicted octanol–water partition coefficient (Wildman–Crippen LogP) is 0.953. The van der Waals surface area contributed by atoms with Crippen molar-refractivity contribution in [3.8, 4) is 5.75 Å². The number of esters is 1. The van der Waals surface area contributed by atoms with E-state index >= 15 is 0 Å². The molecule has 8 nitrogen and oxygen atoms in total. The minimum atomic E-state index is -0.403. The van der Waals surface area contributed by atoms with Gasteiger partial charge in [-0.2, -0.15) is 0 Å². The first-order valence-electron chi connectivity index (χ1n) is 9.49. The lowest BCUT2D eigenvalue weighted by Crippen LogP contribution is -2.36. The fourth-order valence-corrected chi connectivity index (χ4v) is 3.62. The van der Waals surface area contributed by atoms with Crippen molar-refractivity contribution in [2.24, 2.45) is 5.92 Å². The van der Waals surface area contributed by atoms with Gasteiger partial charge in [-0.1, -0.05) is 0 Å². The first-order chi connectivity index (χ1) is 13.0. The third kappa shape index (κ3) is 5.54. The fourth-order valence-electron chi connectivity index (χ4n) is 3.62. The number of rotatable bonds is 6. The largest absolute Gasteiger partial charge is 0.502 e. The van der Waals surface area contributed by atoms with Gasteiger partial charge in [-0.3, -0.25) is 19.4 Å². The zero-order chi connectivity index (χ0) is 19.2. The summed E-state index contributed by atoms with van der Waals surface area (Å²) in [5.74, 6) is 0.722. The van der Waals surface area contributed by atoms with E-state index in [-0.39, 0.29) is 11.7 Å². The molecule has 2 aliphatic rings. The molecule has 1 N–H and O–H groups in total. The molecule has 2 aliphatic heterocycles. The third-order valence-electron chi connectivity index (χ3n) is 5.28. The topological polar surface area (TPSA) is 92.5 Å². The van der Waals surface area contributed by atoms with Crippen LogP contribution in [0.5, 0.6) is 5.75 Å². The predicted molar refractivity (Wildman–Crippen MR) is 97.4 cm³/mol. The van der Waals surface area contributed by atoms with Crippen molar-refractivity contribution in [3.63, 3.8) is 0 Å². The standard InChI is InChI=1S/C19H28N2O6/c1-25-18(23)10-14-2-4-20(5-3-14)13-17-19(24)16(22)11-15(27-17)12-21-6-8-26-9-7-21/h11,14,24H,2-10,12-13H2,1H3. The van der Waals surface area contributed by atoms with Gasteiger partial charge in [0.1, 0.15) is 5.76 Å². The molecule has 150 valence electrons. The number of morpholine rings is 1. The van der Waals surface area contributed by atoms with Crippen LogP contribution in [0, 0.1) is 5.92 Å². The number of piperidine rings is 1. The van der Waals surface area contributed by atoms with Crippen LogP contribution in [0.3, 0.4) is 0 Å². The molecule has 0 unspecified atom stereocenters. The Morgan fingerprint density at radius 1 is 1.19 bits per heavy atom. The van der Waals surface area contributed by atoms with Gasteiger partial charge in [-0.05, 0) is 31.8 Å². The highest BCUT2D eigenvalue weighted by molar-refractivity contribution is 5.69. The number of carbonyl (C=O) groups excluding carboxylic acids is 1. The second kappa shape index (κ2) is 9.34. The molecule has 2 fully saturated rings. The van der Waals surface area contributed by atoms with E-state index < -0.39 is 5.43 Å². The van der Waals surface area contributed by atoms with E-state index in [1.165, 1.54) is 13.2 Å². The van der Waals surface area contributed by atoms with Crippen LogP contribution in [-0.2, 0) is 27.4 Å². The van der Waals surface area contributed by atoms with Crippen LogP contribution in [-0.4, -0.2) is 67.4 Å². The molecule has 8 heteroatoms. The molecule has 0 aromatic carbocycles. The smallest absolute Gasteiger partial charge is 0.305 e. The number of hydrogen-bond acceptors (Lipinski definition) is 8. The van der Waals surface area contributed by atoms with E-state index in [1.807, 2.05) is 0 Å². The molecule has 3 rings (SSSR count). The van der Waals surface area contributed by atoms with Crippen molar-refractivity contribution in [2.45, 2.75) is 32.4 Å². The molecular formula is C19H28N2O6. The van der Waals surface area contributed by atoms with Crippen molar-refractivity contribution in [1.82, 2.24) is 9.80 Å². The Morgan fingerprint density at radius 3 is 2.52 bits per heavy atom. The summed E-state index contributed by atoms with van der Waals surface area (Å²) in [7, 11) is 1.41. The Kier molecular flexibility index (Phi) is 6.87. The highest BCUT2D eigenvalue weighted by Gasteiger charge is 2.24. The first kappa shape index (κ1) is 19.9. The Morgan fingerprint density at radius 2 is 1.85 bits per heavy atom. The lowest BCUT2D eigenvalue weighted by atomic mass is 9.93. The summed E-state index contributed by atoms with van der Waals surface area (Å²) in [6, 6.07) is 1.37. The maximum absolute atomic E-state index is 12.1. The molecule has 0 spiro atoms. The summed E-state index contributed by atoms with van der Waals surface area (Å²) in [6.45, 7) is 5.46. The SMILES string of the molecule is COC(=O)CC1CCN(Cc2oc(CN3CCOCC3)cc(=O)c2O)CC1. The number of carbonyl (C=O) groups is 1. The summed E-state index contributed by atoms with van der Waals surface area (Å²) >= 11 is 0. The lowest BCUT2D eigenvalue weighted by molar-refractivity contribution is -0.142. The first-order valence-corrected chi connectivity index (χ1v) is 9.49. The van der Waals surface area contributed by atoms with Gasteiger partial charge in [0.15, 0.2) is 5.76 Å². The highest BCUT2D eigenvalue weighted by Crippen LogP contribution is 2.24. The van der Waals surface area contributed by atoms with E-state index in [2.05, 4.69) is 9.80 Å². The quantitative estimate of drug-likeness (QED) is 0.730. The second-order valence-corrected chi connectivity index (χ2v) is 7.24. The highest BCUT2D eigenvalue weighted by atomic mass is 16.5. The average molecular weight is 380 g/mol. The summed E-state index contributed by atoms with van der Waals surface area (Å²) in [5, 5.41) is 10.1. The Bertz CT molecular complexity index is 690. The summed E-state index contributed by atoms with van der Waals surface area (Å²) in [6.07, 6.45) is 2.21. The molecule has 0 radical (unpaired) electrons. The number of aromatic hydroxyl groups is 1. The molecule has 2 saturated heterocycles. The summed E-state index contributed by atoms with van der Waals surface area (Å²) < 4.78 is 15.9. The molecule has 0 amide bonds. The van der Waals surface area contributed by atoms with E-state index in [1.54, 1.807) is 0 Å². The molecule has 0 atom stereocenters. The van der Waals surface area contributed by atoms with E-state index in [0.717, 1.165) is 39.0 Å². The monoisotopic (exact) mass is 380 g/mol. The maximum atomic E-state index is 12.1. The third-order valence-corrected chi connectivity index (χ3v) is 5.28. The number of nitrogens with zero attached hydrogens (tertiary/aromatic N) is 2. The molecule has 27 heavy (non-hydrogen) atoms. The Hall–Kier alpha value is -1.90. The van der Waals surface area contributed by atoms with E-state index in [0.29, 0.717) is 50.2 Å². The van der Waals surface area contributed by atoms with Gasteiger partial charge in [0.05, 0.1) is 33.4 Å². The average Bonchev–Trinajstić information content (AvgIpc) is 2.68. The molecule has 3 heterocycles. The lowest BCUT2D eigenvalue weighted by Gasteiger charge is -2.31. The molecule has 1 aromatic heterocycles. The van der Waals surface area contributed by atoms with Gasteiger partial charge in [-0.15, -0.1) is 0 Å². The van der Waals surface area contributed by atoms with Crippen molar-refractivity contribution in [2.75, 3.05) is 46.5 Å². The zero-order valence-corrected chi connectivity index (χ0v) is 15.8. The summed E-state index contributed by atoms with van der Waals surface area (Å²) in [4.78, 5) is 27.8. The van der Waals surface area contributed by atoms with Crippen LogP contribution < -0.4 is 5.43 Å². The van der Waals surface area contributed by atoms with Gasteiger partial charge >= 0.3 is 5.97 Å². The van der Waals surface area contributed by atoms with Crippen LogP contribution >= 0.6 is 0 Å². The Labute approximate surface area is 158 Å². The van der Waals surface area contributed by atoms with Crippen molar-refractivity contribution < 1.29 is 23.8 Å². The van der Waals surface area contributed by atoms with Gasteiger partial charge in [0, 0.05) is 25.6 Å². The van der Waals surface area contributed by atoms with Gasteiger partial charge in [-0.25, -0.2) is 0 Å². The molecule has 0 bridgehead atoms. The van der Waals surface area contributed by atoms with Crippen LogP contribution in [0.2, 0.25) is 0 Å². The normalized spacial score (nSPS) is 19.9. The van der Waals surface area contributed by atoms with E-state index in [4.69, 9.17) is 13.9 Å². The summed E-state index contributed by atoms with van der Waals surface area (Å²) in [5.41, 5.74) is -0.403. The number of hydrogen-bond donors (Lipinski definition) is 1. The van der Waals surface area contributed by atoms with Crippen LogP contribution in [0.4, 0.5) is 0 Å². The van der Waals surface area contributed by atoms with E-state index in [9.17, 15) is 14.7 Å². The van der Waals surface area contributed by atoms with Gasteiger partial charge < -0.3 is 19.0 Å². The Balaban J connectivity index is 1.59. The van der Waals surface area contributed by atoms with Crippen molar-refractivity contribution in [1.29, 1.82) is 0 Å². The number of likely N-dealkylation sites (tertiary alicyclic amines) is 1. The van der Waals surface area contributed by atoms with Crippen molar-refractivity contribution >= 4 is 5.97 Å². The second-order valence-electron chi connectivity index (χ2n) is 7.24. The number of ether oxygens (including phenoxy) is 2. The fraction of sp³-hybridized carbons (Fsp3) is 0.684. The maximum Gasteiger partial charge on any atom is 0.305 e. The minimum Gasteiger partial charge on any atom is -0.502 e. The van der Waals surface area contributed by atoms with Gasteiger partial charge in [0.25, 0.3) is 0 Å². The molecular weight excluding hydrogens is 352 g/mol. The number of methoxy groups -OCH3 is 1. The minimum absolute atomic E-state index is 0.173. The van der Waals surface area contributed by atoms with Crippen LogP contribution in [0.1, 0.15) is 30.8 Å². The molecule has 0 aliphatic carbocycles. The van der Waals surface area contributed by atoms with Crippen molar-refractivity contribution in [3.05, 3.63) is 27.8 Å². The molecule has 1 aromatic rings.